The van der Waals surface area contributed by atoms with E-state index in [0.29, 0.717) is 37.2 Å². The molecule has 2 aliphatic rings. The molecule has 1 atom stereocenters. The number of carbonyl (C=O) groups excluding carboxylic acids is 1. The summed E-state index contributed by atoms with van der Waals surface area (Å²) in [6.07, 6.45) is 1.28. The minimum atomic E-state index is -3.69. The second-order valence-corrected chi connectivity index (χ2v) is 9.55. The Morgan fingerprint density at radius 2 is 1.82 bits per heavy atom. The van der Waals surface area contributed by atoms with Gasteiger partial charge in [0.25, 0.3) is 5.56 Å². The van der Waals surface area contributed by atoms with Crippen LogP contribution in [0.4, 0.5) is 10.1 Å². The Morgan fingerprint density at radius 3 is 2.45 bits per heavy atom. The molecule has 2 saturated heterocycles. The molecule has 178 valence electrons. The molecule has 33 heavy (non-hydrogen) atoms. The van der Waals surface area contributed by atoms with E-state index >= 15 is 0 Å². The zero-order chi connectivity index (χ0) is 23.6. The molecule has 2 fully saturated rings. The van der Waals surface area contributed by atoms with Crippen LogP contribution in [0.15, 0.2) is 44.9 Å². The van der Waals surface area contributed by atoms with Gasteiger partial charge >= 0.3 is 5.69 Å². The Bertz CT molecular complexity index is 1240. The molecule has 1 amide bonds. The molecule has 0 radical (unpaired) electrons. The van der Waals surface area contributed by atoms with Gasteiger partial charge in [0.2, 0.25) is 21.7 Å². The van der Waals surface area contributed by atoms with Crippen LogP contribution in [0.25, 0.3) is 0 Å². The molecule has 0 bridgehead atoms. The van der Waals surface area contributed by atoms with E-state index in [-0.39, 0.29) is 23.7 Å². The van der Waals surface area contributed by atoms with Crippen LogP contribution < -0.4 is 16.6 Å². The normalized spacial score (nSPS) is 19.5. The van der Waals surface area contributed by atoms with Crippen LogP contribution in [0.5, 0.6) is 0 Å². The lowest BCUT2D eigenvalue weighted by atomic mass is 10.3. The SMILES string of the molecule is O=C(Cn1c(=O)c(F)cn([C@@H]2CCCO2)c1=O)Nc1ccc(S(=O)(=O)N2CCOCC2)cc1. The average Bonchev–Trinajstić information content (AvgIpc) is 3.35. The van der Waals surface area contributed by atoms with E-state index < -0.39 is 45.8 Å². The van der Waals surface area contributed by atoms with E-state index in [1.807, 2.05) is 0 Å². The molecule has 0 unspecified atom stereocenters. The maximum Gasteiger partial charge on any atom is 0.333 e. The number of nitrogens with zero attached hydrogens (tertiary/aromatic N) is 3. The standard InChI is InChI=1S/C20H23FN4O7S/c21-16-12-24(18-2-1-9-32-18)20(28)25(19(16)27)13-17(26)22-14-3-5-15(6-4-14)33(29,30)23-7-10-31-11-8-23/h3-6,12,18H,1-2,7-11,13H2,(H,22,26)/t18-/m0/s1. The zero-order valence-electron chi connectivity index (χ0n) is 17.6. The van der Waals surface area contributed by atoms with Crippen molar-refractivity contribution in [3.05, 3.63) is 57.1 Å². The van der Waals surface area contributed by atoms with E-state index in [9.17, 15) is 27.2 Å². The number of hydrogen-bond acceptors (Lipinski definition) is 7. The van der Waals surface area contributed by atoms with Crippen molar-refractivity contribution in [1.82, 2.24) is 13.4 Å². The molecular weight excluding hydrogens is 459 g/mol. The first-order chi connectivity index (χ1) is 15.8. The van der Waals surface area contributed by atoms with Gasteiger partial charge in [-0.1, -0.05) is 0 Å². The lowest BCUT2D eigenvalue weighted by molar-refractivity contribution is -0.116. The fraction of sp³-hybridized carbons (Fsp3) is 0.450. The van der Waals surface area contributed by atoms with Gasteiger partial charge in [0.05, 0.1) is 24.3 Å². The molecule has 0 aliphatic carbocycles. The van der Waals surface area contributed by atoms with E-state index in [0.717, 1.165) is 10.8 Å². The van der Waals surface area contributed by atoms with Crippen LogP contribution in [0, 0.1) is 5.82 Å². The molecule has 2 aliphatic heterocycles. The molecule has 1 aromatic heterocycles. The largest absolute Gasteiger partial charge is 0.379 e. The number of nitrogens with one attached hydrogen (secondary N) is 1. The Hall–Kier alpha value is -2.87. The monoisotopic (exact) mass is 482 g/mol. The van der Waals surface area contributed by atoms with Crippen LogP contribution >= 0.6 is 0 Å². The maximum atomic E-state index is 14.1. The fourth-order valence-electron chi connectivity index (χ4n) is 3.70. The van der Waals surface area contributed by atoms with Crippen LogP contribution in [0.1, 0.15) is 19.1 Å². The van der Waals surface area contributed by atoms with Crippen LogP contribution in [-0.4, -0.2) is 60.7 Å². The van der Waals surface area contributed by atoms with Crippen LogP contribution in [0.2, 0.25) is 0 Å². The van der Waals surface area contributed by atoms with Crippen molar-refractivity contribution in [1.29, 1.82) is 0 Å². The smallest absolute Gasteiger partial charge is 0.333 e. The number of hydrogen-bond donors (Lipinski definition) is 1. The molecule has 1 aromatic carbocycles. The third-order valence-corrected chi connectivity index (χ3v) is 7.33. The highest BCUT2D eigenvalue weighted by molar-refractivity contribution is 7.89. The highest BCUT2D eigenvalue weighted by Gasteiger charge is 2.26. The van der Waals surface area contributed by atoms with Gasteiger partial charge in [-0.25, -0.2) is 17.8 Å². The lowest BCUT2D eigenvalue weighted by Crippen LogP contribution is -2.44. The Balaban J connectivity index is 1.48. The highest BCUT2D eigenvalue weighted by Crippen LogP contribution is 2.21. The molecule has 0 spiro atoms. The predicted octanol–water partition coefficient (Wildman–Crippen LogP) is 0.118. The van der Waals surface area contributed by atoms with Crippen molar-refractivity contribution in [3.63, 3.8) is 0 Å². The fourth-order valence-corrected chi connectivity index (χ4v) is 5.11. The summed E-state index contributed by atoms with van der Waals surface area (Å²) in [5.74, 6) is -1.92. The van der Waals surface area contributed by atoms with Gasteiger partial charge in [0, 0.05) is 25.4 Å². The second kappa shape index (κ2) is 9.55. The number of ether oxygens (including phenoxy) is 2. The van der Waals surface area contributed by atoms with Crippen LogP contribution in [0.3, 0.4) is 0 Å². The van der Waals surface area contributed by atoms with Crippen LogP contribution in [-0.2, 0) is 30.8 Å². The minimum absolute atomic E-state index is 0.0585. The summed E-state index contributed by atoms with van der Waals surface area (Å²) in [4.78, 5) is 37.3. The number of aromatic nitrogens is 2. The number of anilines is 1. The average molecular weight is 482 g/mol. The number of rotatable bonds is 6. The van der Waals surface area contributed by atoms with Crippen molar-refractivity contribution in [2.24, 2.45) is 0 Å². The summed E-state index contributed by atoms with van der Waals surface area (Å²) < 4.78 is 52.8. The van der Waals surface area contributed by atoms with Gasteiger partial charge in [-0.15, -0.1) is 0 Å². The third kappa shape index (κ3) is 4.90. The second-order valence-electron chi connectivity index (χ2n) is 7.61. The highest BCUT2D eigenvalue weighted by atomic mass is 32.2. The quantitative estimate of drug-likeness (QED) is 0.619. The molecular formula is C20H23FN4O7S. The summed E-state index contributed by atoms with van der Waals surface area (Å²) in [6.45, 7) is 0.855. The van der Waals surface area contributed by atoms with Gasteiger partial charge in [-0.3, -0.25) is 14.2 Å². The summed E-state index contributed by atoms with van der Waals surface area (Å²) >= 11 is 0. The number of carbonyl (C=O) groups is 1. The van der Waals surface area contributed by atoms with Crippen molar-refractivity contribution in [2.75, 3.05) is 38.2 Å². The topological polar surface area (TPSA) is 129 Å². The number of sulfonamides is 1. The first-order valence-electron chi connectivity index (χ1n) is 10.4. The number of halogens is 1. The van der Waals surface area contributed by atoms with Gasteiger partial charge in [0.15, 0.2) is 0 Å². The molecule has 2 aromatic rings. The summed E-state index contributed by atoms with van der Waals surface area (Å²) in [6, 6.07) is 5.48. The Kier molecular flexibility index (Phi) is 6.74. The number of benzene rings is 1. The van der Waals surface area contributed by atoms with Gasteiger partial charge in [-0.2, -0.15) is 8.70 Å². The Labute approximate surface area is 188 Å². The predicted molar refractivity (Wildman–Crippen MR) is 114 cm³/mol. The molecule has 1 N–H and O–H groups in total. The van der Waals surface area contributed by atoms with Gasteiger partial charge in [0.1, 0.15) is 12.8 Å². The van der Waals surface area contributed by atoms with Gasteiger partial charge < -0.3 is 14.8 Å². The molecule has 3 heterocycles. The molecule has 0 saturated carbocycles. The Morgan fingerprint density at radius 1 is 1.12 bits per heavy atom. The molecule has 11 nitrogen and oxygen atoms in total. The van der Waals surface area contributed by atoms with Crippen molar-refractivity contribution >= 4 is 21.6 Å². The lowest BCUT2D eigenvalue weighted by Gasteiger charge is -2.26. The zero-order valence-corrected chi connectivity index (χ0v) is 18.4. The van der Waals surface area contributed by atoms with E-state index in [2.05, 4.69) is 5.32 Å². The van der Waals surface area contributed by atoms with E-state index in [4.69, 9.17) is 9.47 Å². The molecule has 13 heteroatoms. The number of amides is 1. The van der Waals surface area contributed by atoms with Crippen molar-refractivity contribution < 1.29 is 27.1 Å². The molecule has 4 rings (SSSR count). The number of morpholine rings is 1. The third-order valence-electron chi connectivity index (χ3n) is 5.42. The minimum Gasteiger partial charge on any atom is -0.379 e. The van der Waals surface area contributed by atoms with E-state index in [1.54, 1.807) is 0 Å². The summed E-state index contributed by atoms with van der Waals surface area (Å²) in [5, 5.41) is 2.48. The first kappa shape index (κ1) is 23.3. The first-order valence-corrected chi connectivity index (χ1v) is 11.8. The van der Waals surface area contributed by atoms with E-state index in [1.165, 1.54) is 28.6 Å². The van der Waals surface area contributed by atoms with Crippen molar-refractivity contribution in [3.8, 4) is 0 Å². The van der Waals surface area contributed by atoms with Gasteiger partial charge in [-0.05, 0) is 37.1 Å². The maximum absolute atomic E-state index is 14.1. The van der Waals surface area contributed by atoms with Crippen molar-refractivity contribution in [2.45, 2.75) is 30.5 Å². The summed E-state index contributed by atoms with van der Waals surface area (Å²) in [7, 11) is -3.69. The summed E-state index contributed by atoms with van der Waals surface area (Å²) in [5.41, 5.74) is -1.81.